The number of hydrogen-bond donors (Lipinski definition) is 4. The highest BCUT2D eigenvalue weighted by atomic mass is 32.2. The summed E-state index contributed by atoms with van der Waals surface area (Å²) in [5, 5.41) is 10.9. The summed E-state index contributed by atoms with van der Waals surface area (Å²) in [7, 11) is -3.91. The molecule has 3 aromatic rings. The van der Waals surface area contributed by atoms with Gasteiger partial charge in [0.15, 0.2) is 17.7 Å². The van der Waals surface area contributed by atoms with E-state index in [4.69, 9.17) is 15.6 Å². The molecule has 1 aromatic heterocycles. The largest absolute Gasteiger partial charge is 0.481 e. The Morgan fingerprint density at radius 2 is 1.78 bits per heavy atom. The molecular weight excluding hydrogens is 439 g/mol. The third-order valence-electron chi connectivity index (χ3n) is 4.33. The van der Waals surface area contributed by atoms with Gasteiger partial charge in [0.05, 0.1) is 11.1 Å². The van der Waals surface area contributed by atoms with Gasteiger partial charge in [0.2, 0.25) is 16.0 Å². The minimum atomic E-state index is -3.91. The lowest BCUT2D eigenvalue weighted by Crippen LogP contribution is -2.30. The van der Waals surface area contributed by atoms with Gasteiger partial charge >= 0.3 is 0 Å². The van der Waals surface area contributed by atoms with Crippen LogP contribution >= 0.6 is 0 Å². The van der Waals surface area contributed by atoms with E-state index in [1.807, 2.05) is 0 Å². The van der Waals surface area contributed by atoms with Crippen molar-refractivity contribution in [2.45, 2.75) is 24.8 Å². The van der Waals surface area contributed by atoms with Crippen LogP contribution in [0, 0.1) is 12.7 Å². The smallest absolute Gasteiger partial charge is 0.258 e. The molecule has 6 N–H and O–H groups in total. The number of anilines is 4. The Hall–Kier alpha value is -3.77. The summed E-state index contributed by atoms with van der Waals surface area (Å²) in [6.07, 6.45) is 0.177. The maximum atomic E-state index is 14.2. The molecule has 0 aliphatic heterocycles. The molecule has 0 saturated carbocycles. The molecule has 1 unspecified atom stereocenters. The lowest BCUT2D eigenvalue weighted by Gasteiger charge is -2.13. The van der Waals surface area contributed by atoms with Crippen molar-refractivity contribution in [2.75, 3.05) is 10.6 Å². The van der Waals surface area contributed by atoms with Crippen LogP contribution in [0.3, 0.4) is 0 Å². The average molecular weight is 460 g/mol. The number of nitrogens with zero attached hydrogens (tertiary/aromatic N) is 2. The summed E-state index contributed by atoms with van der Waals surface area (Å²) in [6, 6.07) is 10.9. The topological polar surface area (TPSA) is 162 Å². The highest BCUT2D eigenvalue weighted by Gasteiger charge is 2.14. The van der Waals surface area contributed by atoms with Crippen LogP contribution in [-0.4, -0.2) is 30.4 Å². The van der Waals surface area contributed by atoms with E-state index in [2.05, 4.69) is 20.6 Å². The molecule has 1 atom stereocenters. The number of sulfonamides is 1. The Labute approximate surface area is 183 Å². The second-order valence-electron chi connectivity index (χ2n) is 6.85. The molecule has 0 aliphatic rings. The number of carbonyl (C=O) groups is 1. The number of carbonyl (C=O) groups excluding carboxylic acids is 1. The summed E-state index contributed by atoms with van der Waals surface area (Å²) >= 11 is 0. The lowest BCUT2D eigenvalue weighted by molar-refractivity contribution is -0.123. The third kappa shape index (κ3) is 5.68. The number of benzene rings is 2. The molecular formula is C20H21FN6O4S. The fourth-order valence-electron chi connectivity index (χ4n) is 2.64. The van der Waals surface area contributed by atoms with Crippen molar-refractivity contribution in [3.8, 4) is 5.75 Å². The van der Waals surface area contributed by atoms with Crippen molar-refractivity contribution in [3.05, 3.63) is 60.0 Å². The number of aromatic nitrogens is 2. The number of primary amides is 1. The number of amides is 1. The van der Waals surface area contributed by atoms with Gasteiger partial charge in [-0.1, -0.05) is 6.07 Å². The maximum absolute atomic E-state index is 14.2. The van der Waals surface area contributed by atoms with E-state index in [0.717, 1.165) is 6.20 Å². The highest BCUT2D eigenvalue weighted by molar-refractivity contribution is 7.89. The van der Waals surface area contributed by atoms with Gasteiger partial charge in [-0.25, -0.2) is 22.9 Å². The van der Waals surface area contributed by atoms with Crippen LogP contribution in [0.1, 0.15) is 12.5 Å². The third-order valence-corrected chi connectivity index (χ3v) is 5.38. The Balaban J connectivity index is 1.77. The molecule has 1 amide bonds. The summed E-state index contributed by atoms with van der Waals surface area (Å²) in [5.41, 5.74) is 6.51. The maximum Gasteiger partial charge on any atom is 0.258 e. The second-order valence-corrected chi connectivity index (χ2v) is 8.38. The van der Waals surface area contributed by atoms with E-state index in [1.165, 1.54) is 13.0 Å². The number of rotatable bonds is 8. The number of halogens is 1. The highest BCUT2D eigenvalue weighted by Crippen LogP contribution is 2.24. The van der Waals surface area contributed by atoms with Crippen LogP contribution in [0.15, 0.2) is 53.6 Å². The van der Waals surface area contributed by atoms with Crippen LogP contribution in [-0.2, 0) is 14.8 Å². The van der Waals surface area contributed by atoms with Gasteiger partial charge in [-0.2, -0.15) is 4.98 Å². The van der Waals surface area contributed by atoms with Gasteiger partial charge in [0, 0.05) is 11.4 Å². The van der Waals surface area contributed by atoms with E-state index in [1.54, 1.807) is 43.3 Å². The summed E-state index contributed by atoms with van der Waals surface area (Å²) < 4.78 is 43.0. The first-order chi connectivity index (χ1) is 15.0. The van der Waals surface area contributed by atoms with Crippen LogP contribution in [0.25, 0.3) is 0 Å². The van der Waals surface area contributed by atoms with Gasteiger partial charge < -0.3 is 21.1 Å². The van der Waals surface area contributed by atoms with E-state index in [-0.39, 0.29) is 16.7 Å². The Morgan fingerprint density at radius 3 is 2.41 bits per heavy atom. The SMILES string of the molecule is Cc1ccc(Nc2ncc(F)c(Nc3ccc(OC(C)C(N)=O)cc3)n2)cc1S(N)(=O)=O. The molecule has 32 heavy (non-hydrogen) atoms. The molecule has 12 heteroatoms. The van der Waals surface area contributed by atoms with E-state index < -0.39 is 27.9 Å². The average Bonchev–Trinajstić information content (AvgIpc) is 2.72. The molecule has 0 fully saturated rings. The molecule has 0 saturated heterocycles. The first-order valence-electron chi connectivity index (χ1n) is 9.29. The van der Waals surface area contributed by atoms with Crippen LogP contribution in [0.2, 0.25) is 0 Å². The van der Waals surface area contributed by atoms with Gasteiger partial charge in [-0.05, 0) is 55.8 Å². The number of nitrogens with one attached hydrogen (secondary N) is 2. The summed E-state index contributed by atoms with van der Waals surface area (Å²) in [6.45, 7) is 3.14. The molecule has 0 spiro atoms. The Morgan fingerprint density at radius 1 is 1.12 bits per heavy atom. The Bertz CT molecular complexity index is 1250. The predicted octanol–water partition coefficient (Wildman–Crippen LogP) is 2.31. The number of ether oxygens (including phenoxy) is 1. The zero-order valence-corrected chi connectivity index (χ0v) is 18.0. The van der Waals surface area contributed by atoms with E-state index in [0.29, 0.717) is 22.7 Å². The zero-order valence-electron chi connectivity index (χ0n) is 17.2. The standard InChI is InChI=1S/C20H21FN6O4S/c1-11-3-4-14(9-17(11)32(23,29)30)26-20-24-10-16(21)19(27-20)25-13-5-7-15(8-6-13)31-12(2)18(22)28/h3-10,12H,1-2H3,(H2,22,28)(H2,23,29,30)(H2,24,25,26,27). The van der Waals surface area contributed by atoms with Crippen molar-refractivity contribution < 1.29 is 22.3 Å². The van der Waals surface area contributed by atoms with Crippen molar-refractivity contribution in [1.29, 1.82) is 0 Å². The lowest BCUT2D eigenvalue weighted by atomic mass is 10.2. The predicted molar refractivity (Wildman–Crippen MR) is 117 cm³/mol. The molecule has 1 heterocycles. The van der Waals surface area contributed by atoms with Gasteiger partial charge in [-0.15, -0.1) is 0 Å². The Kier molecular flexibility index (Phi) is 6.55. The summed E-state index contributed by atoms with van der Waals surface area (Å²) in [5.74, 6) is -0.960. The fraction of sp³-hybridized carbons (Fsp3) is 0.150. The van der Waals surface area contributed by atoms with Gasteiger partial charge in [0.25, 0.3) is 5.91 Å². The zero-order chi connectivity index (χ0) is 23.5. The molecule has 0 bridgehead atoms. The van der Waals surface area contributed by atoms with Crippen molar-refractivity contribution in [2.24, 2.45) is 10.9 Å². The van der Waals surface area contributed by atoms with Crippen molar-refractivity contribution >= 4 is 39.1 Å². The molecule has 2 aromatic carbocycles. The molecule has 0 aliphatic carbocycles. The molecule has 10 nitrogen and oxygen atoms in total. The minimum absolute atomic E-state index is 0.0355. The number of hydrogen-bond acceptors (Lipinski definition) is 8. The fourth-order valence-corrected chi connectivity index (χ4v) is 3.45. The van der Waals surface area contributed by atoms with Gasteiger partial charge in [-0.3, -0.25) is 4.79 Å². The van der Waals surface area contributed by atoms with Crippen molar-refractivity contribution in [1.82, 2.24) is 9.97 Å². The van der Waals surface area contributed by atoms with E-state index >= 15 is 0 Å². The molecule has 0 radical (unpaired) electrons. The van der Waals surface area contributed by atoms with E-state index in [9.17, 15) is 17.6 Å². The number of aryl methyl sites for hydroxylation is 1. The number of nitrogens with two attached hydrogens (primary N) is 2. The van der Waals surface area contributed by atoms with Crippen molar-refractivity contribution in [3.63, 3.8) is 0 Å². The molecule has 3 rings (SSSR count). The van der Waals surface area contributed by atoms with Crippen LogP contribution < -0.4 is 26.2 Å². The first-order valence-corrected chi connectivity index (χ1v) is 10.8. The van der Waals surface area contributed by atoms with Gasteiger partial charge in [0.1, 0.15) is 5.75 Å². The minimum Gasteiger partial charge on any atom is -0.481 e. The quantitative estimate of drug-likeness (QED) is 0.398. The normalized spacial score (nSPS) is 12.1. The monoisotopic (exact) mass is 460 g/mol. The summed E-state index contributed by atoms with van der Waals surface area (Å²) in [4.78, 5) is 19.0. The van der Waals surface area contributed by atoms with Crippen LogP contribution in [0.4, 0.5) is 27.5 Å². The number of primary sulfonamides is 1. The molecule has 168 valence electrons. The second kappa shape index (κ2) is 9.16. The van der Waals surface area contributed by atoms with Crippen LogP contribution in [0.5, 0.6) is 5.75 Å². The first kappa shape index (κ1) is 22.9.